The Balaban J connectivity index is 1.48. The van der Waals surface area contributed by atoms with Gasteiger partial charge in [0.25, 0.3) is 0 Å². The van der Waals surface area contributed by atoms with E-state index in [1.165, 1.54) is 24.3 Å². The van der Waals surface area contributed by atoms with Gasteiger partial charge in [-0.25, -0.2) is 8.78 Å². The molecule has 7 heteroatoms. The van der Waals surface area contributed by atoms with Crippen LogP contribution in [0, 0.1) is 17.6 Å². The van der Waals surface area contributed by atoms with Crippen LogP contribution in [-0.4, -0.2) is 42.7 Å². The molecule has 192 valence electrons. The van der Waals surface area contributed by atoms with Crippen molar-refractivity contribution in [1.82, 2.24) is 9.88 Å². The largest absolute Gasteiger partial charge is 0.384 e. The zero-order chi connectivity index (χ0) is 25.9. The summed E-state index contributed by atoms with van der Waals surface area (Å²) in [6.45, 7) is 5.10. The topological polar surface area (TPSA) is 31.1 Å². The van der Waals surface area contributed by atoms with E-state index in [9.17, 15) is 13.2 Å². The summed E-state index contributed by atoms with van der Waals surface area (Å²) in [5.41, 5.74) is 6.13. The number of likely N-dealkylation sites (tertiary alicyclic amines) is 1. The molecule has 37 heavy (non-hydrogen) atoms. The molecule has 1 aliphatic rings. The summed E-state index contributed by atoms with van der Waals surface area (Å²) in [7, 11) is 0. The summed E-state index contributed by atoms with van der Waals surface area (Å²) in [5.74, 6) is -0.508. The molecule has 0 bridgehead atoms. The Morgan fingerprint density at radius 1 is 1.00 bits per heavy atom. The first-order chi connectivity index (χ1) is 17.9. The molecule has 3 aromatic carbocycles. The normalized spacial score (nSPS) is 15.1. The monoisotopic (exact) mass is 523 g/mol. The van der Waals surface area contributed by atoms with Crippen molar-refractivity contribution >= 4 is 39.3 Å². The molecular formula is C30H29ClF3N3. The average Bonchev–Trinajstić information content (AvgIpc) is 3.27. The second-order valence-electron chi connectivity index (χ2n) is 9.53. The molecule has 3 nitrogen and oxygen atoms in total. The maximum absolute atomic E-state index is 13.9. The van der Waals surface area contributed by atoms with E-state index in [-0.39, 0.29) is 24.2 Å². The van der Waals surface area contributed by atoms with Crippen molar-refractivity contribution in [3.63, 3.8) is 0 Å². The van der Waals surface area contributed by atoms with E-state index in [2.05, 4.69) is 15.2 Å². The Morgan fingerprint density at radius 3 is 2.43 bits per heavy atom. The molecule has 1 saturated heterocycles. The number of anilines is 1. The van der Waals surface area contributed by atoms with Crippen LogP contribution in [0.15, 0.2) is 66.7 Å². The van der Waals surface area contributed by atoms with Gasteiger partial charge in [-0.1, -0.05) is 36.7 Å². The number of nitrogens with one attached hydrogen (secondary N) is 2. The minimum atomic E-state index is -0.388. The molecule has 5 rings (SSSR count). The van der Waals surface area contributed by atoms with Gasteiger partial charge in [-0.15, -0.1) is 0 Å². The molecule has 0 atom stereocenters. The predicted octanol–water partition coefficient (Wildman–Crippen LogP) is 7.78. The first kappa shape index (κ1) is 25.4. The van der Waals surface area contributed by atoms with Gasteiger partial charge in [-0.3, -0.25) is 4.39 Å². The van der Waals surface area contributed by atoms with Crippen LogP contribution in [0.3, 0.4) is 0 Å². The number of nitrogens with zero attached hydrogens (tertiary/aromatic N) is 1. The Labute approximate surface area is 219 Å². The molecule has 1 aromatic heterocycles. The first-order valence-corrected chi connectivity index (χ1v) is 12.9. The van der Waals surface area contributed by atoms with Gasteiger partial charge in [0.2, 0.25) is 0 Å². The quantitative estimate of drug-likeness (QED) is 0.219. The molecule has 0 amide bonds. The summed E-state index contributed by atoms with van der Waals surface area (Å²) in [6.07, 6.45) is 0.653. The highest BCUT2D eigenvalue weighted by molar-refractivity contribution is 6.32. The lowest BCUT2D eigenvalue weighted by molar-refractivity contribution is 0.0856. The zero-order valence-corrected chi connectivity index (χ0v) is 21.4. The number of halogens is 4. The van der Waals surface area contributed by atoms with Crippen LogP contribution >= 0.6 is 11.6 Å². The van der Waals surface area contributed by atoms with E-state index in [1.54, 1.807) is 12.1 Å². The standard InChI is InChI=1S/C30H29ClF3N3/c1-2-25(26-10-7-22(33)14-27(26)31)30(29-13-21-3-6-23(34)15-28(21)36-29)20-4-8-24(9-5-20)35-11-12-37-17-19(16-32)18-37/h3-10,13-15,19,35-36H,2,11-12,16-18H2,1H3/b30-25+. The van der Waals surface area contributed by atoms with Crippen LogP contribution in [0.5, 0.6) is 0 Å². The Kier molecular flexibility index (Phi) is 7.58. The molecule has 1 aliphatic heterocycles. The molecule has 4 aromatic rings. The summed E-state index contributed by atoms with van der Waals surface area (Å²) >= 11 is 6.50. The van der Waals surface area contributed by atoms with Gasteiger partial charge in [-0.05, 0) is 71.7 Å². The minimum Gasteiger partial charge on any atom is -0.384 e. The van der Waals surface area contributed by atoms with Gasteiger partial charge in [0.05, 0.1) is 11.7 Å². The van der Waals surface area contributed by atoms with E-state index in [0.29, 0.717) is 17.0 Å². The number of fused-ring (bicyclic) bond motifs is 1. The van der Waals surface area contributed by atoms with E-state index in [4.69, 9.17) is 11.6 Å². The molecule has 0 radical (unpaired) electrons. The highest BCUT2D eigenvalue weighted by atomic mass is 35.5. The van der Waals surface area contributed by atoms with Crippen molar-refractivity contribution in [3.8, 4) is 0 Å². The van der Waals surface area contributed by atoms with Crippen molar-refractivity contribution in [1.29, 1.82) is 0 Å². The number of hydrogen-bond donors (Lipinski definition) is 2. The molecule has 0 saturated carbocycles. The Hall–Kier alpha value is -3.22. The third-order valence-electron chi connectivity index (χ3n) is 6.95. The number of hydrogen-bond acceptors (Lipinski definition) is 2. The molecular weight excluding hydrogens is 495 g/mol. The smallest absolute Gasteiger partial charge is 0.125 e. The fourth-order valence-corrected chi connectivity index (χ4v) is 5.31. The fraction of sp³-hybridized carbons (Fsp3) is 0.267. The number of rotatable bonds is 9. The highest BCUT2D eigenvalue weighted by Crippen LogP contribution is 2.38. The molecule has 1 fully saturated rings. The highest BCUT2D eigenvalue weighted by Gasteiger charge is 2.25. The number of allylic oxidation sites excluding steroid dienone is 1. The predicted molar refractivity (Wildman–Crippen MR) is 147 cm³/mol. The van der Waals surface area contributed by atoms with Gasteiger partial charge in [0.15, 0.2) is 0 Å². The second-order valence-corrected chi connectivity index (χ2v) is 9.94. The van der Waals surface area contributed by atoms with Gasteiger partial charge in [0, 0.05) is 60.0 Å². The summed E-state index contributed by atoms with van der Waals surface area (Å²) < 4.78 is 40.4. The number of benzene rings is 3. The molecule has 0 spiro atoms. The Bertz CT molecular complexity index is 1420. The van der Waals surface area contributed by atoms with Crippen molar-refractivity contribution in [2.75, 3.05) is 38.2 Å². The number of aromatic nitrogens is 1. The lowest BCUT2D eigenvalue weighted by Crippen LogP contribution is -2.49. The Morgan fingerprint density at radius 2 is 1.73 bits per heavy atom. The van der Waals surface area contributed by atoms with E-state index in [0.717, 1.165) is 65.2 Å². The summed E-state index contributed by atoms with van der Waals surface area (Å²) in [6, 6.07) is 19.3. The van der Waals surface area contributed by atoms with Crippen LogP contribution in [-0.2, 0) is 0 Å². The van der Waals surface area contributed by atoms with E-state index >= 15 is 0 Å². The molecule has 0 aliphatic carbocycles. The third kappa shape index (κ3) is 5.55. The van der Waals surface area contributed by atoms with Crippen molar-refractivity contribution in [3.05, 3.63) is 100 Å². The van der Waals surface area contributed by atoms with Gasteiger partial charge >= 0.3 is 0 Å². The van der Waals surface area contributed by atoms with Crippen molar-refractivity contribution in [2.45, 2.75) is 13.3 Å². The summed E-state index contributed by atoms with van der Waals surface area (Å²) in [5, 5.41) is 4.68. The minimum absolute atomic E-state index is 0.188. The zero-order valence-electron chi connectivity index (χ0n) is 20.6. The van der Waals surface area contributed by atoms with Crippen LogP contribution in [0.1, 0.15) is 30.2 Å². The second kappa shape index (κ2) is 11.0. The first-order valence-electron chi connectivity index (χ1n) is 12.5. The van der Waals surface area contributed by atoms with Gasteiger partial charge < -0.3 is 15.2 Å². The van der Waals surface area contributed by atoms with Crippen LogP contribution in [0.2, 0.25) is 5.02 Å². The van der Waals surface area contributed by atoms with Gasteiger partial charge in [0.1, 0.15) is 11.6 Å². The van der Waals surface area contributed by atoms with Crippen LogP contribution in [0.4, 0.5) is 18.9 Å². The number of aromatic amines is 1. The van der Waals surface area contributed by atoms with Crippen molar-refractivity contribution in [2.24, 2.45) is 5.92 Å². The maximum Gasteiger partial charge on any atom is 0.125 e. The van der Waals surface area contributed by atoms with Crippen LogP contribution in [0.25, 0.3) is 22.0 Å². The van der Waals surface area contributed by atoms with Gasteiger partial charge in [-0.2, -0.15) is 0 Å². The van der Waals surface area contributed by atoms with Crippen molar-refractivity contribution < 1.29 is 13.2 Å². The SMILES string of the molecule is CC/C(=C(/c1ccc(NCCN2CC(CF)C2)cc1)c1cc2ccc(F)cc2[nH]1)c1ccc(F)cc1Cl. The lowest BCUT2D eigenvalue weighted by atomic mass is 9.90. The van der Waals surface area contributed by atoms with E-state index in [1.807, 2.05) is 37.3 Å². The van der Waals surface area contributed by atoms with Crippen LogP contribution < -0.4 is 5.32 Å². The fourth-order valence-electron chi connectivity index (χ4n) is 5.03. The molecule has 2 N–H and O–H groups in total. The molecule has 0 unspecified atom stereocenters. The summed E-state index contributed by atoms with van der Waals surface area (Å²) in [4.78, 5) is 5.61. The average molecular weight is 524 g/mol. The molecule has 2 heterocycles. The maximum atomic E-state index is 13.9. The number of alkyl halides is 1. The lowest BCUT2D eigenvalue weighted by Gasteiger charge is -2.37. The van der Waals surface area contributed by atoms with E-state index < -0.39 is 0 Å². The third-order valence-corrected chi connectivity index (χ3v) is 7.26. The number of H-pyrrole nitrogens is 1.